The highest BCUT2D eigenvalue weighted by molar-refractivity contribution is 7.11. The van der Waals surface area contributed by atoms with Crippen LogP contribution in [0.3, 0.4) is 0 Å². The molecular weight excluding hydrogens is 176 g/mol. The molecule has 1 aromatic rings. The average Bonchev–Trinajstić information content (AvgIpc) is 2.52. The summed E-state index contributed by atoms with van der Waals surface area (Å²) in [6, 6.07) is 1.69. The van der Waals surface area contributed by atoms with E-state index >= 15 is 0 Å². The van der Waals surface area contributed by atoms with Crippen molar-refractivity contribution in [2.45, 2.75) is 6.42 Å². The van der Waals surface area contributed by atoms with Gasteiger partial charge in [-0.25, -0.2) is 0 Å². The molecule has 0 fully saturated rings. The number of hydrogen-bond donors (Lipinski definition) is 0. The molecule has 0 radical (unpaired) electrons. The van der Waals surface area contributed by atoms with Crippen molar-refractivity contribution in [2.75, 3.05) is 7.11 Å². The number of methoxy groups -OCH3 is 1. The summed E-state index contributed by atoms with van der Waals surface area (Å²) >= 11 is 1.33. The lowest BCUT2D eigenvalue weighted by atomic mass is 10.2. The van der Waals surface area contributed by atoms with Crippen LogP contribution in [0, 0.1) is 0 Å². The Kier molecular flexibility index (Phi) is 2.99. The zero-order valence-electron chi connectivity index (χ0n) is 6.57. The lowest BCUT2D eigenvalue weighted by molar-refractivity contribution is -0.139. The van der Waals surface area contributed by atoms with Crippen molar-refractivity contribution < 1.29 is 14.3 Å². The summed E-state index contributed by atoms with van der Waals surface area (Å²) in [4.78, 5) is 21.7. The molecule has 0 unspecified atom stereocenters. The Labute approximate surface area is 74.0 Å². The van der Waals surface area contributed by atoms with E-state index in [2.05, 4.69) is 4.74 Å². The third-order valence-electron chi connectivity index (χ3n) is 1.37. The highest BCUT2D eigenvalue weighted by atomic mass is 32.1. The van der Waals surface area contributed by atoms with Crippen molar-refractivity contribution in [3.8, 4) is 0 Å². The van der Waals surface area contributed by atoms with E-state index < -0.39 is 0 Å². The lowest BCUT2D eigenvalue weighted by Crippen LogP contribution is -2.03. The van der Waals surface area contributed by atoms with Gasteiger partial charge in [0.1, 0.15) is 0 Å². The quantitative estimate of drug-likeness (QED) is 0.525. The van der Waals surface area contributed by atoms with Crippen molar-refractivity contribution in [1.29, 1.82) is 0 Å². The zero-order valence-corrected chi connectivity index (χ0v) is 7.39. The van der Waals surface area contributed by atoms with Crippen LogP contribution < -0.4 is 0 Å². The molecule has 0 atom stereocenters. The predicted molar refractivity (Wildman–Crippen MR) is 45.4 cm³/mol. The minimum Gasteiger partial charge on any atom is -0.469 e. The molecule has 0 aliphatic heterocycles. The van der Waals surface area contributed by atoms with Gasteiger partial charge >= 0.3 is 5.97 Å². The van der Waals surface area contributed by atoms with Crippen molar-refractivity contribution >= 4 is 23.6 Å². The number of thiophene rings is 1. The van der Waals surface area contributed by atoms with Gasteiger partial charge < -0.3 is 4.74 Å². The second-order valence-corrected chi connectivity index (χ2v) is 3.17. The van der Waals surface area contributed by atoms with Crippen molar-refractivity contribution in [3.63, 3.8) is 0 Å². The first-order valence-electron chi connectivity index (χ1n) is 3.35. The first kappa shape index (κ1) is 8.93. The maximum absolute atomic E-state index is 10.8. The molecule has 0 aromatic carbocycles. The maximum Gasteiger partial charge on any atom is 0.310 e. The Morgan fingerprint density at radius 2 is 2.50 bits per heavy atom. The Hall–Kier alpha value is -1.16. The number of aldehydes is 1. The molecule has 3 nitrogen and oxygen atoms in total. The summed E-state index contributed by atoms with van der Waals surface area (Å²) in [5.74, 6) is -0.287. The van der Waals surface area contributed by atoms with Gasteiger partial charge in [-0.15, -0.1) is 11.3 Å². The number of carbonyl (C=O) groups is 2. The summed E-state index contributed by atoms with van der Waals surface area (Å²) < 4.78 is 4.47. The minimum atomic E-state index is -0.287. The number of esters is 1. The molecule has 0 aliphatic carbocycles. The van der Waals surface area contributed by atoms with Gasteiger partial charge in [0.25, 0.3) is 0 Å². The second-order valence-electron chi connectivity index (χ2n) is 2.23. The van der Waals surface area contributed by atoms with Gasteiger partial charge in [-0.1, -0.05) is 0 Å². The van der Waals surface area contributed by atoms with E-state index in [-0.39, 0.29) is 12.4 Å². The fourth-order valence-electron chi connectivity index (χ4n) is 0.788. The standard InChI is InChI=1S/C8H8O3S/c1-11-8(10)3-6-2-7(4-9)12-5-6/h2,4-5H,3H2,1H3. The Morgan fingerprint density at radius 3 is 3.00 bits per heavy atom. The number of ether oxygens (including phenoxy) is 1. The molecule has 1 heterocycles. The molecule has 0 saturated heterocycles. The molecule has 0 aliphatic rings. The Bertz CT molecular complexity index is 290. The third-order valence-corrected chi connectivity index (χ3v) is 2.27. The summed E-state index contributed by atoms with van der Waals surface area (Å²) in [5, 5.41) is 1.78. The van der Waals surface area contributed by atoms with Crippen LogP contribution in [0.5, 0.6) is 0 Å². The first-order chi connectivity index (χ1) is 5.76. The normalized spacial score (nSPS) is 9.42. The average molecular weight is 184 g/mol. The number of rotatable bonds is 3. The number of hydrogen-bond acceptors (Lipinski definition) is 4. The number of carbonyl (C=O) groups excluding carboxylic acids is 2. The van der Waals surface area contributed by atoms with Gasteiger partial charge in [0.05, 0.1) is 18.4 Å². The van der Waals surface area contributed by atoms with Gasteiger partial charge in [-0.2, -0.15) is 0 Å². The molecule has 0 N–H and O–H groups in total. The third kappa shape index (κ3) is 2.17. The van der Waals surface area contributed by atoms with Gasteiger partial charge in [-0.3, -0.25) is 9.59 Å². The van der Waals surface area contributed by atoms with Crippen LogP contribution in [0.15, 0.2) is 11.4 Å². The predicted octanol–water partition coefficient (Wildman–Crippen LogP) is 1.28. The van der Waals surface area contributed by atoms with Gasteiger partial charge in [0, 0.05) is 0 Å². The summed E-state index contributed by atoms with van der Waals surface area (Å²) in [7, 11) is 1.34. The molecule has 64 valence electrons. The van der Waals surface area contributed by atoms with Gasteiger partial charge in [0.2, 0.25) is 0 Å². The van der Waals surface area contributed by atoms with Gasteiger partial charge in [0.15, 0.2) is 6.29 Å². The zero-order chi connectivity index (χ0) is 8.97. The van der Waals surface area contributed by atoms with E-state index in [4.69, 9.17) is 0 Å². The highest BCUT2D eigenvalue weighted by Crippen LogP contribution is 2.13. The van der Waals surface area contributed by atoms with Crippen LogP contribution >= 0.6 is 11.3 Å². The van der Waals surface area contributed by atoms with Crippen LogP contribution in [0.2, 0.25) is 0 Å². The monoisotopic (exact) mass is 184 g/mol. The molecule has 0 spiro atoms. The van der Waals surface area contributed by atoms with Crippen LogP contribution in [-0.4, -0.2) is 19.4 Å². The van der Waals surface area contributed by atoms with E-state index in [9.17, 15) is 9.59 Å². The van der Waals surface area contributed by atoms with E-state index in [1.807, 2.05) is 0 Å². The second kappa shape index (κ2) is 4.01. The fraction of sp³-hybridized carbons (Fsp3) is 0.250. The van der Waals surface area contributed by atoms with Crippen LogP contribution in [0.25, 0.3) is 0 Å². The van der Waals surface area contributed by atoms with Crippen LogP contribution in [0.1, 0.15) is 15.2 Å². The molecule has 4 heteroatoms. The topological polar surface area (TPSA) is 43.4 Å². The van der Waals surface area contributed by atoms with E-state index in [0.717, 1.165) is 11.8 Å². The maximum atomic E-state index is 10.8. The van der Waals surface area contributed by atoms with Crippen molar-refractivity contribution in [3.05, 3.63) is 21.9 Å². The van der Waals surface area contributed by atoms with Crippen molar-refractivity contribution in [2.24, 2.45) is 0 Å². The Balaban J connectivity index is 2.63. The SMILES string of the molecule is COC(=O)Cc1csc(C=O)c1. The molecular formula is C8H8O3S. The summed E-state index contributed by atoms with van der Waals surface area (Å²) in [6.07, 6.45) is 1.01. The smallest absolute Gasteiger partial charge is 0.310 e. The molecule has 0 bridgehead atoms. The molecule has 1 rings (SSSR count). The van der Waals surface area contributed by atoms with E-state index in [0.29, 0.717) is 4.88 Å². The Morgan fingerprint density at radius 1 is 1.75 bits per heavy atom. The molecule has 0 amide bonds. The molecule has 1 aromatic heterocycles. The summed E-state index contributed by atoms with van der Waals surface area (Å²) in [5.41, 5.74) is 0.828. The van der Waals surface area contributed by atoms with Crippen LogP contribution in [-0.2, 0) is 16.0 Å². The van der Waals surface area contributed by atoms with Gasteiger partial charge in [-0.05, 0) is 17.0 Å². The van der Waals surface area contributed by atoms with Crippen LogP contribution in [0.4, 0.5) is 0 Å². The minimum absolute atomic E-state index is 0.237. The molecule has 0 saturated carbocycles. The largest absolute Gasteiger partial charge is 0.469 e. The molecule has 12 heavy (non-hydrogen) atoms. The lowest BCUT2D eigenvalue weighted by Gasteiger charge is -1.93. The van der Waals surface area contributed by atoms with E-state index in [1.54, 1.807) is 11.4 Å². The van der Waals surface area contributed by atoms with Crippen molar-refractivity contribution in [1.82, 2.24) is 0 Å². The highest BCUT2D eigenvalue weighted by Gasteiger charge is 2.04. The summed E-state index contributed by atoms with van der Waals surface area (Å²) in [6.45, 7) is 0. The fourth-order valence-corrected chi connectivity index (χ4v) is 1.50. The first-order valence-corrected chi connectivity index (χ1v) is 4.23. The van der Waals surface area contributed by atoms with E-state index in [1.165, 1.54) is 18.4 Å².